The molecule has 8 heteroatoms. The van der Waals surface area contributed by atoms with Crippen LogP contribution in [0.25, 0.3) is 10.9 Å². The molecule has 2 aromatic heterocycles. The molecule has 0 saturated carbocycles. The van der Waals surface area contributed by atoms with Crippen LogP contribution in [0, 0.1) is 11.7 Å². The molecule has 1 fully saturated rings. The van der Waals surface area contributed by atoms with E-state index in [0.29, 0.717) is 36.9 Å². The molecule has 0 amide bonds. The van der Waals surface area contributed by atoms with Gasteiger partial charge in [-0.15, -0.1) is 0 Å². The topological polar surface area (TPSA) is 51.1 Å². The number of aromatic nitrogens is 3. The van der Waals surface area contributed by atoms with Crippen molar-refractivity contribution in [3.05, 3.63) is 22.5 Å². The Morgan fingerprint density at radius 2 is 2.19 bits per heavy atom. The standard InChI is InChI=1S/C13H13Cl2FN4O/c1-7-5-20(2-3-21-6-7)12-8-4-17-11(14)9(16)10(8)18-13(15)19-12/h4,7H,2-3,5-6H2,1H3. The van der Waals surface area contributed by atoms with E-state index >= 15 is 0 Å². The maximum atomic E-state index is 14.1. The van der Waals surface area contributed by atoms with Gasteiger partial charge in [0.25, 0.3) is 0 Å². The van der Waals surface area contributed by atoms with Crippen molar-refractivity contribution < 1.29 is 9.13 Å². The number of anilines is 1. The molecule has 1 aliphatic rings. The van der Waals surface area contributed by atoms with E-state index in [4.69, 9.17) is 27.9 Å². The van der Waals surface area contributed by atoms with Crippen molar-refractivity contribution in [2.75, 3.05) is 31.2 Å². The van der Waals surface area contributed by atoms with Crippen molar-refractivity contribution in [3.63, 3.8) is 0 Å². The zero-order chi connectivity index (χ0) is 15.0. The summed E-state index contributed by atoms with van der Waals surface area (Å²) in [5.41, 5.74) is 0.0859. The van der Waals surface area contributed by atoms with Gasteiger partial charge < -0.3 is 9.64 Å². The molecule has 3 heterocycles. The number of nitrogens with zero attached hydrogens (tertiary/aromatic N) is 4. The normalized spacial score (nSPS) is 19.8. The molecule has 2 aromatic rings. The number of ether oxygens (including phenoxy) is 1. The van der Waals surface area contributed by atoms with Crippen LogP contribution in [0.3, 0.4) is 0 Å². The molecule has 1 atom stereocenters. The minimum absolute atomic E-state index is 0.0171. The second-order valence-electron chi connectivity index (χ2n) is 5.07. The van der Waals surface area contributed by atoms with Crippen LogP contribution in [0.4, 0.5) is 10.2 Å². The molecule has 1 saturated heterocycles. The third kappa shape index (κ3) is 2.88. The van der Waals surface area contributed by atoms with E-state index < -0.39 is 5.82 Å². The van der Waals surface area contributed by atoms with E-state index in [-0.39, 0.29) is 16.0 Å². The second kappa shape index (κ2) is 5.87. The Kier molecular flexibility index (Phi) is 4.10. The minimum Gasteiger partial charge on any atom is -0.379 e. The van der Waals surface area contributed by atoms with Crippen molar-refractivity contribution in [2.24, 2.45) is 5.92 Å². The molecule has 1 aliphatic heterocycles. The minimum atomic E-state index is -0.682. The first-order valence-electron chi connectivity index (χ1n) is 6.56. The number of hydrogen-bond donors (Lipinski definition) is 0. The van der Waals surface area contributed by atoms with Crippen LogP contribution >= 0.6 is 23.2 Å². The lowest BCUT2D eigenvalue weighted by molar-refractivity contribution is 0.129. The van der Waals surface area contributed by atoms with Gasteiger partial charge in [0.15, 0.2) is 11.0 Å². The van der Waals surface area contributed by atoms with Gasteiger partial charge in [0.2, 0.25) is 5.28 Å². The fraction of sp³-hybridized carbons (Fsp3) is 0.462. The van der Waals surface area contributed by atoms with Gasteiger partial charge in [-0.3, -0.25) is 0 Å². The first-order chi connectivity index (χ1) is 10.1. The van der Waals surface area contributed by atoms with Crippen LogP contribution in [0.5, 0.6) is 0 Å². The molecule has 0 aromatic carbocycles. The van der Waals surface area contributed by atoms with Gasteiger partial charge in [-0.2, -0.15) is 4.98 Å². The fourth-order valence-electron chi connectivity index (χ4n) is 2.41. The van der Waals surface area contributed by atoms with E-state index in [0.717, 1.165) is 6.54 Å². The summed E-state index contributed by atoms with van der Waals surface area (Å²) in [6, 6.07) is 0. The molecule has 0 radical (unpaired) electrons. The SMILES string of the molecule is CC1COCCN(c2nc(Cl)nc3c(F)c(Cl)ncc23)C1. The van der Waals surface area contributed by atoms with Crippen LogP contribution in [0.15, 0.2) is 6.20 Å². The fourth-order valence-corrected chi connectivity index (χ4v) is 2.71. The Bertz CT molecular complexity index is 685. The van der Waals surface area contributed by atoms with Crippen LogP contribution in [0.1, 0.15) is 6.92 Å². The highest BCUT2D eigenvalue weighted by Gasteiger charge is 2.21. The highest BCUT2D eigenvalue weighted by molar-refractivity contribution is 6.30. The van der Waals surface area contributed by atoms with Gasteiger partial charge in [-0.25, -0.2) is 14.4 Å². The Morgan fingerprint density at radius 1 is 1.38 bits per heavy atom. The van der Waals surface area contributed by atoms with E-state index in [9.17, 15) is 4.39 Å². The van der Waals surface area contributed by atoms with E-state index in [1.165, 1.54) is 6.20 Å². The molecule has 0 N–H and O–H groups in total. The van der Waals surface area contributed by atoms with E-state index in [1.54, 1.807) is 0 Å². The summed E-state index contributed by atoms with van der Waals surface area (Å²) in [5, 5.41) is 0.252. The number of hydrogen-bond acceptors (Lipinski definition) is 5. The van der Waals surface area contributed by atoms with Gasteiger partial charge in [-0.05, 0) is 17.5 Å². The maximum absolute atomic E-state index is 14.1. The molecule has 0 spiro atoms. The van der Waals surface area contributed by atoms with Crippen LogP contribution in [0.2, 0.25) is 10.4 Å². The molecule has 0 bridgehead atoms. The lowest BCUT2D eigenvalue weighted by Crippen LogP contribution is -2.30. The zero-order valence-corrected chi connectivity index (χ0v) is 12.8. The highest BCUT2D eigenvalue weighted by atomic mass is 35.5. The predicted octanol–water partition coefficient (Wildman–Crippen LogP) is 2.94. The molecule has 0 aliphatic carbocycles. The third-order valence-electron chi connectivity index (χ3n) is 3.33. The zero-order valence-electron chi connectivity index (χ0n) is 11.3. The molecule has 5 nitrogen and oxygen atoms in total. The van der Waals surface area contributed by atoms with Crippen molar-refractivity contribution in [3.8, 4) is 0 Å². The summed E-state index contributed by atoms with van der Waals surface area (Å²) < 4.78 is 19.6. The summed E-state index contributed by atoms with van der Waals surface area (Å²) in [4.78, 5) is 14.0. The summed E-state index contributed by atoms with van der Waals surface area (Å²) in [5.74, 6) is 0.214. The summed E-state index contributed by atoms with van der Waals surface area (Å²) in [6.45, 7) is 4.74. The van der Waals surface area contributed by atoms with Gasteiger partial charge in [0.05, 0.1) is 18.6 Å². The lowest BCUT2D eigenvalue weighted by Gasteiger charge is -2.24. The molecule has 21 heavy (non-hydrogen) atoms. The average Bonchev–Trinajstić information content (AvgIpc) is 2.67. The summed E-state index contributed by atoms with van der Waals surface area (Å²) >= 11 is 11.6. The van der Waals surface area contributed by atoms with Gasteiger partial charge >= 0.3 is 0 Å². The van der Waals surface area contributed by atoms with E-state index in [2.05, 4.69) is 21.9 Å². The Morgan fingerprint density at radius 3 is 3.00 bits per heavy atom. The van der Waals surface area contributed by atoms with Crippen molar-refractivity contribution >= 4 is 39.9 Å². The molecular weight excluding hydrogens is 318 g/mol. The first-order valence-corrected chi connectivity index (χ1v) is 7.32. The number of halogens is 3. The Balaban J connectivity index is 2.15. The molecule has 112 valence electrons. The van der Waals surface area contributed by atoms with Gasteiger partial charge in [-0.1, -0.05) is 18.5 Å². The highest BCUT2D eigenvalue weighted by Crippen LogP contribution is 2.29. The number of pyridine rings is 1. The van der Waals surface area contributed by atoms with Crippen LogP contribution in [-0.2, 0) is 4.74 Å². The average molecular weight is 331 g/mol. The number of rotatable bonds is 1. The van der Waals surface area contributed by atoms with Crippen molar-refractivity contribution in [1.29, 1.82) is 0 Å². The summed E-state index contributed by atoms with van der Waals surface area (Å²) in [6.07, 6.45) is 1.48. The monoisotopic (exact) mass is 330 g/mol. The molecular formula is C13H13Cl2FN4O. The quantitative estimate of drug-likeness (QED) is 0.594. The van der Waals surface area contributed by atoms with Crippen LogP contribution in [-0.4, -0.2) is 41.3 Å². The maximum Gasteiger partial charge on any atom is 0.225 e. The first kappa shape index (κ1) is 14.7. The third-order valence-corrected chi connectivity index (χ3v) is 3.77. The van der Waals surface area contributed by atoms with Crippen LogP contribution < -0.4 is 4.90 Å². The van der Waals surface area contributed by atoms with E-state index in [1.807, 2.05) is 4.90 Å². The smallest absolute Gasteiger partial charge is 0.225 e. The van der Waals surface area contributed by atoms with Gasteiger partial charge in [0, 0.05) is 19.3 Å². The predicted molar refractivity (Wildman–Crippen MR) is 79.5 cm³/mol. The Hall–Kier alpha value is -1.24. The summed E-state index contributed by atoms with van der Waals surface area (Å²) in [7, 11) is 0. The second-order valence-corrected chi connectivity index (χ2v) is 5.76. The Labute approximate surface area is 131 Å². The van der Waals surface area contributed by atoms with Gasteiger partial charge in [0.1, 0.15) is 11.3 Å². The lowest BCUT2D eigenvalue weighted by atomic mass is 10.2. The van der Waals surface area contributed by atoms with Crippen molar-refractivity contribution in [1.82, 2.24) is 15.0 Å². The molecule has 1 unspecified atom stereocenters. The molecule has 3 rings (SSSR count). The van der Waals surface area contributed by atoms with Crippen molar-refractivity contribution in [2.45, 2.75) is 6.92 Å². The largest absolute Gasteiger partial charge is 0.379 e. The number of fused-ring (bicyclic) bond motifs is 1.